The normalized spacial score (nSPS) is 10.5. The summed E-state index contributed by atoms with van der Waals surface area (Å²) in [5, 5.41) is 18.2. The van der Waals surface area contributed by atoms with Gasteiger partial charge in [0.1, 0.15) is 6.54 Å². The molecule has 0 bridgehead atoms. The number of aryl methyl sites for hydroxylation is 1. The minimum absolute atomic E-state index is 0.0558. The van der Waals surface area contributed by atoms with E-state index in [2.05, 4.69) is 0 Å². The molecule has 8 heteroatoms. The van der Waals surface area contributed by atoms with Crippen LogP contribution in [0, 0.1) is 0 Å². The number of hydrogen-bond donors (Lipinski definition) is 3. The second-order valence-electron chi connectivity index (χ2n) is 4.76. The Bertz CT molecular complexity index is 744. The van der Waals surface area contributed by atoms with Gasteiger partial charge >= 0.3 is 5.97 Å². The summed E-state index contributed by atoms with van der Waals surface area (Å²) < 4.78 is 29.8. The van der Waals surface area contributed by atoms with Crippen LogP contribution in [0.4, 0.5) is 5.69 Å². The van der Waals surface area contributed by atoms with Crippen LogP contribution >= 0.6 is 0 Å². The Labute approximate surface area is 140 Å². The van der Waals surface area contributed by atoms with Gasteiger partial charge in [0.25, 0.3) is 10.1 Å². The van der Waals surface area contributed by atoms with Gasteiger partial charge in [-0.15, -0.1) is 0 Å². The predicted molar refractivity (Wildman–Crippen MR) is 88.8 cm³/mol. The minimum atomic E-state index is -4.03. The maximum Gasteiger partial charge on any atom is 0.325 e. The molecule has 0 aliphatic rings. The fourth-order valence-corrected chi connectivity index (χ4v) is 2.20. The maximum absolute atomic E-state index is 10.6. The van der Waals surface area contributed by atoms with Crippen molar-refractivity contribution in [3.63, 3.8) is 0 Å². The molecule has 0 saturated heterocycles. The molecule has 0 aliphatic heterocycles. The first-order chi connectivity index (χ1) is 11.2. The van der Waals surface area contributed by atoms with Gasteiger partial charge in [-0.05, 0) is 36.2 Å². The number of carboxylic acids is 1. The van der Waals surface area contributed by atoms with Gasteiger partial charge in [-0.25, -0.2) is 5.06 Å². The highest BCUT2D eigenvalue weighted by atomic mass is 32.2. The molecule has 0 aliphatic carbocycles. The fraction of sp³-hybridized carbons (Fsp3) is 0.188. The van der Waals surface area contributed by atoms with Gasteiger partial charge in [-0.1, -0.05) is 37.3 Å². The van der Waals surface area contributed by atoms with Crippen molar-refractivity contribution in [2.45, 2.75) is 18.2 Å². The summed E-state index contributed by atoms with van der Waals surface area (Å²) in [5.41, 5.74) is 1.52. The summed E-state index contributed by atoms with van der Waals surface area (Å²) in [6.45, 7) is 1.56. The molecule has 0 aromatic heterocycles. The standard InChI is InChI=1S/C8H9NO3.C8H10O3S/c10-8(11)6-9(12)7-4-2-1-3-5-7;1-2-7-3-5-8(6-4-7)12(9,10)11/h1-5,12H,6H2,(H,10,11);3-6H,2H2,1H3,(H,9,10,11). The zero-order valence-electron chi connectivity index (χ0n) is 13.0. The molecule has 0 unspecified atom stereocenters. The zero-order valence-corrected chi connectivity index (χ0v) is 13.8. The van der Waals surface area contributed by atoms with Crippen molar-refractivity contribution in [3.05, 3.63) is 60.2 Å². The summed E-state index contributed by atoms with van der Waals surface area (Å²) in [7, 11) is -4.03. The van der Waals surface area contributed by atoms with Gasteiger partial charge in [0.15, 0.2) is 0 Å². The number of hydroxylamine groups is 1. The van der Waals surface area contributed by atoms with E-state index in [1.807, 2.05) is 6.92 Å². The van der Waals surface area contributed by atoms with Gasteiger partial charge in [-0.3, -0.25) is 14.6 Å². The predicted octanol–water partition coefficient (Wildman–Crippen LogP) is 2.46. The summed E-state index contributed by atoms with van der Waals surface area (Å²) in [4.78, 5) is 10.1. The van der Waals surface area contributed by atoms with Crippen LogP contribution in [0.25, 0.3) is 0 Å². The maximum atomic E-state index is 10.6. The van der Waals surface area contributed by atoms with E-state index in [0.717, 1.165) is 12.0 Å². The first-order valence-corrected chi connectivity index (χ1v) is 8.47. The lowest BCUT2D eigenvalue weighted by Gasteiger charge is -2.13. The molecule has 0 heterocycles. The van der Waals surface area contributed by atoms with E-state index < -0.39 is 22.6 Å². The monoisotopic (exact) mass is 353 g/mol. The molecular weight excluding hydrogens is 334 g/mol. The Morgan fingerprint density at radius 3 is 2.00 bits per heavy atom. The van der Waals surface area contributed by atoms with E-state index in [1.165, 1.54) is 12.1 Å². The molecule has 2 aromatic carbocycles. The molecular formula is C16H19NO6S. The molecule has 24 heavy (non-hydrogen) atoms. The number of anilines is 1. The highest BCUT2D eigenvalue weighted by molar-refractivity contribution is 7.85. The number of carboxylic acid groups (broad SMARTS) is 1. The smallest absolute Gasteiger partial charge is 0.325 e. The average molecular weight is 353 g/mol. The quantitative estimate of drug-likeness (QED) is 0.558. The van der Waals surface area contributed by atoms with Gasteiger partial charge in [-0.2, -0.15) is 8.42 Å². The summed E-state index contributed by atoms with van der Waals surface area (Å²) >= 11 is 0. The van der Waals surface area contributed by atoms with Crippen molar-refractivity contribution in [1.82, 2.24) is 0 Å². The Balaban J connectivity index is 0.000000240. The molecule has 130 valence electrons. The third kappa shape index (κ3) is 6.78. The number of aliphatic carboxylic acids is 1. The van der Waals surface area contributed by atoms with Gasteiger partial charge in [0.05, 0.1) is 10.6 Å². The Kier molecular flexibility index (Phi) is 7.37. The summed E-state index contributed by atoms with van der Waals surface area (Å²) in [6.07, 6.45) is 0.853. The Morgan fingerprint density at radius 1 is 1.04 bits per heavy atom. The highest BCUT2D eigenvalue weighted by Gasteiger charge is 2.07. The van der Waals surface area contributed by atoms with Gasteiger partial charge < -0.3 is 5.11 Å². The van der Waals surface area contributed by atoms with E-state index >= 15 is 0 Å². The molecule has 0 amide bonds. The zero-order chi connectivity index (χ0) is 18.2. The largest absolute Gasteiger partial charge is 0.480 e. The van der Waals surface area contributed by atoms with Crippen molar-refractivity contribution in [1.29, 1.82) is 0 Å². The number of para-hydroxylation sites is 1. The van der Waals surface area contributed by atoms with Crippen molar-refractivity contribution in [3.8, 4) is 0 Å². The lowest BCUT2D eigenvalue weighted by molar-refractivity contribution is -0.136. The number of rotatable bonds is 5. The molecule has 3 N–H and O–H groups in total. The molecule has 0 atom stereocenters. The van der Waals surface area contributed by atoms with Gasteiger partial charge in [0.2, 0.25) is 0 Å². The van der Waals surface area contributed by atoms with Crippen LogP contribution in [0.2, 0.25) is 0 Å². The number of benzene rings is 2. The van der Waals surface area contributed by atoms with Crippen LogP contribution in [0.3, 0.4) is 0 Å². The molecule has 0 radical (unpaired) electrons. The van der Waals surface area contributed by atoms with Crippen molar-refractivity contribution in [2.75, 3.05) is 11.6 Å². The topological polar surface area (TPSA) is 115 Å². The third-order valence-electron chi connectivity index (χ3n) is 2.97. The third-order valence-corrected chi connectivity index (χ3v) is 3.84. The average Bonchev–Trinajstić information content (AvgIpc) is 2.55. The van der Waals surface area contributed by atoms with Crippen LogP contribution in [-0.4, -0.2) is 35.8 Å². The lowest BCUT2D eigenvalue weighted by atomic mass is 10.2. The number of carbonyl (C=O) groups is 1. The molecule has 0 saturated carbocycles. The second kappa shape index (κ2) is 9.02. The van der Waals surface area contributed by atoms with E-state index in [-0.39, 0.29) is 4.90 Å². The van der Waals surface area contributed by atoms with Gasteiger partial charge in [0, 0.05) is 0 Å². The van der Waals surface area contributed by atoms with Crippen LogP contribution in [0.15, 0.2) is 59.5 Å². The molecule has 7 nitrogen and oxygen atoms in total. The van der Waals surface area contributed by atoms with E-state index in [9.17, 15) is 13.2 Å². The number of nitrogens with zero attached hydrogens (tertiary/aromatic N) is 1. The van der Waals surface area contributed by atoms with Crippen molar-refractivity contribution < 1.29 is 28.1 Å². The van der Waals surface area contributed by atoms with E-state index in [4.69, 9.17) is 14.9 Å². The Hall–Kier alpha value is -2.42. The van der Waals surface area contributed by atoms with Crippen molar-refractivity contribution >= 4 is 21.8 Å². The first kappa shape index (κ1) is 19.6. The van der Waals surface area contributed by atoms with Crippen LogP contribution in [0.5, 0.6) is 0 Å². The van der Waals surface area contributed by atoms with E-state index in [0.29, 0.717) is 10.8 Å². The minimum Gasteiger partial charge on any atom is -0.480 e. The second-order valence-corrected chi connectivity index (χ2v) is 6.18. The first-order valence-electron chi connectivity index (χ1n) is 7.03. The van der Waals surface area contributed by atoms with Crippen LogP contribution in [-0.2, 0) is 21.3 Å². The summed E-state index contributed by atoms with van der Waals surface area (Å²) in [6, 6.07) is 14.7. The van der Waals surface area contributed by atoms with Crippen LogP contribution < -0.4 is 5.06 Å². The SMILES string of the molecule is CCc1ccc(S(=O)(=O)O)cc1.O=C(O)CN(O)c1ccccc1. The molecule has 0 fully saturated rings. The number of hydrogen-bond acceptors (Lipinski definition) is 5. The van der Waals surface area contributed by atoms with Crippen LogP contribution in [0.1, 0.15) is 12.5 Å². The van der Waals surface area contributed by atoms with E-state index in [1.54, 1.807) is 42.5 Å². The highest BCUT2D eigenvalue weighted by Crippen LogP contribution is 2.10. The Morgan fingerprint density at radius 2 is 1.58 bits per heavy atom. The van der Waals surface area contributed by atoms with Crippen molar-refractivity contribution in [2.24, 2.45) is 0 Å². The molecule has 0 spiro atoms. The fourth-order valence-electron chi connectivity index (χ4n) is 1.72. The summed E-state index contributed by atoms with van der Waals surface area (Å²) in [5.74, 6) is -1.07. The lowest BCUT2D eigenvalue weighted by Crippen LogP contribution is -2.25. The molecule has 2 aromatic rings. The molecule has 2 rings (SSSR count).